The molecule has 2 aromatic carbocycles. The summed E-state index contributed by atoms with van der Waals surface area (Å²) in [4.78, 5) is 24.9. The summed E-state index contributed by atoms with van der Waals surface area (Å²) < 4.78 is 10.7. The van der Waals surface area contributed by atoms with E-state index in [0.717, 1.165) is 19.3 Å². The number of para-hydroxylation sites is 1. The Bertz CT molecular complexity index is 904. The predicted molar refractivity (Wildman–Crippen MR) is 130 cm³/mol. The quantitative estimate of drug-likeness (QED) is 0.328. The molecule has 3 N–H and O–H groups in total. The van der Waals surface area contributed by atoms with Crippen molar-refractivity contribution in [2.75, 3.05) is 32.2 Å². The van der Waals surface area contributed by atoms with Gasteiger partial charge in [-0.15, -0.1) is 0 Å². The van der Waals surface area contributed by atoms with Crippen molar-refractivity contribution in [3.8, 4) is 5.75 Å². The molecule has 2 aromatic rings. The highest BCUT2D eigenvalue weighted by atomic mass is 32.1. The van der Waals surface area contributed by atoms with Gasteiger partial charge in [0.15, 0.2) is 5.11 Å². The fourth-order valence-electron chi connectivity index (χ4n) is 2.93. The number of hydrogen-bond acceptors (Lipinski definition) is 5. The van der Waals surface area contributed by atoms with Gasteiger partial charge in [0.2, 0.25) is 0 Å². The van der Waals surface area contributed by atoms with E-state index in [9.17, 15) is 9.59 Å². The second-order valence-electron chi connectivity index (χ2n) is 7.14. The van der Waals surface area contributed by atoms with Crippen LogP contribution in [-0.2, 0) is 4.74 Å². The van der Waals surface area contributed by atoms with E-state index in [1.807, 2.05) is 6.07 Å². The number of rotatable bonds is 12. The molecule has 32 heavy (non-hydrogen) atoms. The monoisotopic (exact) mass is 457 g/mol. The highest BCUT2D eigenvalue weighted by Crippen LogP contribution is 2.19. The topological polar surface area (TPSA) is 88.7 Å². The van der Waals surface area contributed by atoms with Gasteiger partial charge in [0, 0.05) is 24.9 Å². The third-order valence-corrected chi connectivity index (χ3v) is 4.79. The lowest BCUT2D eigenvalue weighted by molar-refractivity contribution is 0.0935. The Morgan fingerprint density at radius 2 is 1.78 bits per heavy atom. The van der Waals surface area contributed by atoms with Gasteiger partial charge in [0.1, 0.15) is 5.75 Å². The first kappa shape index (κ1) is 25.3. The van der Waals surface area contributed by atoms with Gasteiger partial charge < -0.3 is 20.1 Å². The number of hydrogen-bond donors (Lipinski definition) is 3. The zero-order valence-electron chi connectivity index (χ0n) is 18.6. The molecule has 8 heteroatoms. The summed E-state index contributed by atoms with van der Waals surface area (Å²) in [5.41, 5.74) is 1.48. The normalized spacial score (nSPS) is 10.3. The van der Waals surface area contributed by atoms with Crippen LogP contribution in [0.4, 0.5) is 5.69 Å². The number of thiocarbonyl (C=S) groups is 1. The van der Waals surface area contributed by atoms with E-state index in [4.69, 9.17) is 21.7 Å². The molecule has 2 rings (SSSR count). The zero-order valence-corrected chi connectivity index (χ0v) is 19.4. The summed E-state index contributed by atoms with van der Waals surface area (Å²) in [5.74, 6) is -0.0511. The lowest BCUT2D eigenvalue weighted by atomic mass is 10.2. The molecule has 0 atom stereocenters. The Morgan fingerprint density at radius 1 is 0.969 bits per heavy atom. The van der Waals surface area contributed by atoms with E-state index in [0.29, 0.717) is 42.3 Å². The van der Waals surface area contributed by atoms with Crippen molar-refractivity contribution < 1.29 is 19.1 Å². The van der Waals surface area contributed by atoms with Gasteiger partial charge in [-0.2, -0.15) is 0 Å². The van der Waals surface area contributed by atoms with E-state index < -0.39 is 0 Å². The number of methoxy groups -OCH3 is 1. The van der Waals surface area contributed by atoms with Crippen molar-refractivity contribution in [2.45, 2.75) is 32.6 Å². The molecule has 0 aliphatic rings. The number of nitrogens with one attached hydrogen (secondary N) is 3. The molecule has 0 bridgehead atoms. The molecule has 0 saturated carbocycles. The van der Waals surface area contributed by atoms with Crippen molar-refractivity contribution in [1.29, 1.82) is 0 Å². The first-order valence-electron chi connectivity index (χ1n) is 10.8. The number of ether oxygens (including phenoxy) is 2. The molecular weight excluding hydrogens is 426 g/mol. The summed E-state index contributed by atoms with van der Waals surface area (Å²) >= 11 is 5.28. The molecular formula is C24H31N3O4S. The molecule has 0 aromatic heterocycles. The minimum atomic E-state index is -0.361. The Morgan fingerprint density at radius 3 is 2.56 bits per heavy atom. The van der Waals surface area contributed by atoms with Gasteiger partial charge in [-0.3, -0.25) is 14.9 Å². The maximum absolute atomic E-state index is 12.7. The molecule has 0 aliphatic carbocycles. The Kier molecular flexibility index (Phi) is 11.2. The van der Waals surface area contributed by atoms with Crippen molar-refractivity contribution >= 4 is 34.8 Å². The maximum atomic E-state index is 12.7. The van der Waals surface area contributed by atoms with Crippen LogP contribution in [0.2, 0.25) is 0 Å². The Labute approximate surface area is 194 Å². The van der Waals surface area contributed by atoms with Gasteiger partial charge >= 0.3 is 0 Å². The molecule has 2 amide bonds. The fourth-order valence-corrected chi connectivity index (χ4v) is 3.14. The van der Waals surface area contributed by atoms with Crippen LogP contribution in [0, 0.1) is 0 Å². The largest absolute Gasteiger partial charge is 0.493 e. The number of carbonyl (C=O) groups is 2. The fraction of sp³-hybridized carbons (Fsp3) is 0.375. The van der Waals surface area contributed by atoms with Crippen molar-refractivity contribution in [3.05, 3.63) is 59.7 Å². The number of amides is 2. The van der Waals surface area contributed by atoms with Crippen LogP contribution in [0.5, 0.6) is 5.75 Å². The van der Waals surface area contributed by atoms with E-state index in [2.05, 4.69) is 22.9 Å². The van der Waals surface area contributed by atoms with Crippen LogP contribution in [0.15, 0.2) is 48.5 Å². The molecule has 0 heterocycles. The van der Waals surface area contributed by atoms with E-state index in [-0.39, 0.29) is 16.9 Å². The number of benzene rings is 2. The number of anilines is 1. The van der Waals surface area contributed by atoms with Gasteiger partial charge in [0.05, 0.1) is 18.8 Å². The summed E-state index contributed by atoms with van der Waals surface area (Å²) in [7, 11) is 1.57. The van der Waals surface area contributed by atoms with Crippen LogP contribution in [0.1, 0.15) is 53.3 Å². The molecule has 0 unspecified atom stereocenters. The van der Waals surface area contributed by atoms with Gasteiger partial charge in [-0.25, -0.2) is 0 Å². The predicted octanol–water partition coefficient (Wildman–Crippen LogP) is 4.15. The van der Waals surface area contributed by atoms with Gasteiger partial charge in [0.25, 0.3) is 11.8 Å². The van der Waals surface area contributed by atoms with Gasteiger partial charge in [-0.05, 0) is 49.0 Å². The maximum Gasteiger partial charge on any atom is 0.261 e. The molecule has 0 fully saturated rings. The third kappa shape index (κ3) is 8.64. The average Bonchev–Trinajstić information content (AvgIpc) is 2.79. The summed E-state index contributed by atoms with van der Waals surface area (Å²) in [6.07, 6.45) is 4.37. The Hall–Kier alpha value is -2.97. The summed E-state index contributed by atoms with van der Waals surface area (Å²) in [5, 5.41) is 8.50. The van der Waals surface area contributed by atoms with Crippen molar-refractivity contribution in [3.63, 3.8) is 0 Å². The third-order valence-electron chi connectivity index (χ3n) is 4.59. The van der Waals surface area contributed by atoms with E-state index in [1.165, 1.54) is 6.42 Å². The number of unbranched alkanes of at least 4 members (excludes halogenated alkanes) is 3. The van der Waals surface area contributed by atoms with Crippen LogP contribution < -0.4 is 20.7 Å². The minimum Gasteiger partial charge on any atom is -0.493 e. The van der Waals surface area contributed by atoms with E-state index in [1.54, 1.807) is 49.6 Å². The Balaban J connectivity index is 1.93. The minimum absolute atomic E-state index is 0.129. The first-order valence-corrected chi connectivity index (χ1v) is 11.2. The summed E-state index contributed by atoms with van der Waals surface area (Å²) in [6.45, 7) is 3.57. The second kappa shape index (κ2) is 14.2. The lowest BCUT2D eigenvalue weighted by Crippen LogP contribution is -2.34. The highest BCUT2D eigenvalue weighted by molar-refractivity contribution is 7.80. The van der Waals surface area contributed by atoms with Crippen molar-refractivity contribution in [2.24, 2.45) is 0 Å². The highest BCUT2D eigenvalue weighted by Gasteiger charge is 2.14. The molecule has 0 saturated heterocycles. The van der Waals surface area contributed by atoms with Crippen LogP contribution in [-0.4, -0.2) is 43.8 Å². The lowest BCUT2D eigenvalue weighted by Gasteiger charge is -2.13. The van der Waals surface area contributed by atoms with Crippen molar-refractivity contribution in [1.82, 2.24) is 10.6 Å². The second-order valence-corrected chi connectivity index (χ2v) is 7.55. The summed E-state index contributed by atoms with van der Waals surface area (Å²) in [6, 6.07) is 13.9. The first-order chi connectivity index (χ1) is 15.5. The molecule has 172 valence electrons. The smallest absolute Gasteiger partial charge is 0.261 e. The van der Waals surface area contributed by atoms with E-state index >= 15 is 0 Å². The standard InChI is InChI=1S/C24H31N3O4S/c1-3-4-5-8-15-31-21-13-7-6-12-20(21)23(29)27-24(32)26-19-11-9-10-18(17-19)22(28)25-14-16-30-2/h6-7,9-13,17H,3-5,8,14-16H2,1-2H3,(H,25,28)(H2,26,27,29,32). The molecule has 7 nitrogen and oxygen atoms in total. The number of carbonyl (C=O) groups excluding carboxylic acids is 2. The average molecular weight is 458 g/mol. The molecule has 0 spiro atoms. The SMILES string of the molecule is CCCCCCOc1ccccc1C(=O)NC(=S)Nc1cccc(C(=O)NCCOC)c1. The molecule has 0 radical (unpaired) electrons. The van der Waals surface area contributed by atoms with Crippen LogP contribution in [0.25, 0.3) is 0 Å². The van der Waals surface area contributed by atoms with Gasteiger partial charge in [-0.1, -0.05) is 44.4 Å². The van der Waals surface area contributed by atoms with Crippen LogP contribution >= 0.6 is 12.2 Å². The zero-order chi connectivity index (χ0) is 23.2. The molecule has 0 aliphatic heterocycles. The van der Waals surface area contributed by atoms with Crippen LogP contribution in [0.3, 0.4) is 0 Å².